The average Bonchev–Trinajstić information content (AvgIpc) is 2.28. The highest BCUT2D eigenvalue weighted by atomic mass is 16.5. The lowest BCUT2D eigenvalue weighted by atomic mass is 10.1. The summed E-state index contributed by atoms with van der Waals surface area (Å²) in [6.07, 6.45) is 0.710. The number of ether oxygens (including phenoxy) is 1. The van der Waals surface area contributed by atoms with E-state index in [2.05, 4.69) is 25.2 Å². The number of aliphatic hydroxyl groups excluding tert-OH is 1. The SMILES string of the molecule is CNC(CCO)COc1ccc(C)c(C)c1. The Morgan fingerprint density at radius 1 is 1.31 bits per heavy atom. The summed E-state index contributed by atoms with van der Waals surface area (Å²) in [7, 11) is 1.88. The standard InChI is InChI=1S/C13H21NO2/c1-10-4-5-13(8-11(10)2)16-9-12(14-3)6-7-15/h4-5,8,12,14-15H,6-7,9H2,1-3H3. The van der Waals surface area contributed by atoms with Gasteiger partial charge in [0.15, 0.2) is 0 Å². The molecule has 1 aromatic carbocycles. The minimum atomic E-state index is 0.182. The first-order valence-electron chi connectivity index (χ1n) is 5.65. The molecule has 1 atom stereocenters. The lowest BCUT2D eigenvalue weighted by Crippen LogP contribution is -2.32. The number of hydrogen-bond acceptors (Lipinski definition) is 3. The Morgan fingerprint density at radius 2 is 2.06 bits per heavy atom. The smallest absolute Gasteiger partial charge is 0.119 e. The van der Waals surface area contributed by atoms with Gasteiger partial charge in [-0.1, -0.05) is 6.07 Å². The second kappa shape index (κ2) is 6.51. The van der Waals surface area contributed by atoms with Gasteiger partial charge in [-0.2, -0.15) is 0 Å². The van der Waals surface area contributed by atoms with Crippen molar-refractivity contribution in [3.05, 3.63) is 29.3 Å². The van der Waals surface area contributed by atoms with Gasteiger partial charge in [-0.05, 0) is 50.6 Å². The van der Waals surface area contributed by atoms with Crippen molar-refractivity contribution in [1.82, 2.24) is 5.32 Å². The van der Waals surface area contributed by atoms with E-state index in [-0.39, 0.29) is 12.6 Å². The first-order valence-corrected chi connectivity index (χ1v) is 5.65. The zero-order valence-corrected chi connectivity index (χ0v) is 10.3. The van der Waals surface area contributed by atoms with E-state index in [4.69, 9.17) is 9.84 Å². The lowest BCUT2D eigenvalue weighted by Gasteiger charge is -2.16. The second-order valence-electron chi connectivity index (χ2n) is 4.05. The van der Waals surface area contributed by atoms with Gasteiger partial charge in [0.2, 0.25) is 0 Å². The van der Waals surface area contributed by atoms with Gasteiger partial charge in [-0.3, -0.25) is 0 Å². The fourth-order valence-electron chi connectivity index (χ4n) is 1.47. The third kappa shape index (κ3) is 3.83. The van der Waals surface area contributed by atoms with E-state index in [1.165, 1.54) is 11.1 Å². The summed E-state index contributed by atoms with van der Waals surface area (Å²) >= 11 is 0. The van der Waals surface area contributed by atoms with Crippen LogP contribution in [-0.2, 0) is 0 Å². The maximum atomic E-state index is 8.85. The van der Waals surface area contributed by atoms with Crippen LogP contribution >= 0.6 is 0 Å². The lowest BCUT2D eigenvalue weighted by molar-refractivity contribution is 0.219. The third-order valence-corrected chi connectivity index (χ3v) is 2.82. The van der Waals surface area contributed by atoms with Crippen molar-refractivity contribution in [2.75, 3.05) is 20.3 Å². The highest BCUT2D eigenvalue weighted by Gasteiger charge is 2.06. The van der Waals surface area contributed by atoms with Crippen LogP contribution in [0.5, 0.6) is 5.75 Å². The summed E-state index contributed by atoms with van der Waals surface area (Å²) in [5.41, 5.74) is 2.51. The predicted octanol–water partition coefficient (Wildman–Crippen LogP) is 1.65. The Bertz CT molecular complexity index is 326. The van der Waals surface area contributed by atoms with Crippen LogP contribution in [0.4, 0.5) is 0 Å². The number of aliphatic hydroxyl groups is 1. The van der Waals surface area contributed by atoms with E-state index in [1.54, 1.807) is 0 Å². The average molecular weight is 223 g/mol. The summed E-state index contributed by atoms with van der Waals surface area (Å²) in [4.78, 5) is 0. The molecule has 0 saturated heterocycles. The van der Waals surface area contributed by atoms with Gasteiger partial charge in [0.05, 0.1) is 0 Å². The van der Waals surface area contributed by atoms with Crippen LogP contribution in [0.2, 0.25) is 0 Å². The van der Waals surface area contributed by atoms with Gasteiger partial charge in [-0.25, -0.2) is 0 Å². The van der Waals surface area contributed by atoms with E-state index >= 15 is 0 Å². The molecule has 0 bridgehead atoms. The molecule has 1 rings (SSSR count). The summed E-state index contributed by atoms with van der Waals surface area (Å²) in [6.45, 7) is 4.92. The number of benzene rings is 1. The van der Waals surface area contributed by atoms with E-state index in [0.29, 0.717) is 13.0 Å². The molecule has 0 amide bonds. The van der Waals surface area contributed by atoms with Crippen LogP contribution < -0.4 is 10.1 Å². The quantitative estimate of drug-likeness (QED) is 0.770. The van der Waals surface area contributed by atoms with Gasteiger partial charge in [0, 0.05) is 12.6 Å². The van der Waals surface area contributed by atoms with Crippen LogP contribution in [-0.4, -0.2) is 31.4 Å². The highest BCUT2D eigenvalue weighted by Crippen LogP contribution is 2.16. The molecule has 3 heteroatoms. The minimum absolute atomic E-state index is 0.182. The van der Waals surface area contributed by atoms with Gasteiger partial charge < -0.3 is 15.2 Å². The van der Waals surface area contributed by atoms with Gasteiger partial charge in [0.25, 0.3) is 0 Å². The van der Waals surface area contributed by atoms with Crippen molar-refractivity contribution >= 4 is 0 Å². The predicted molar refractivity (Wildman–Crippen MR) is 66.0 cm³/mol. The molecule has 0 heterocycles. The minimum Gasteiger partial charge on any atom is -0.492 e. The van der Waals surface area contributed by atoms with Crippen LogP contribution in [0.3, 0.4) is 0 Å². The molecule has 16 heavy (non-hydrogen) atoms. The molecular weight excluding hydrogens is 202 g/mol. The molecule has 0 aliphatic heterocycles. The van der Waals surface area contributed by atoms with E-state index in [1.807, 2.05) is 19.2 Å². The molecule has 0 radical (unpaired) electrons. The molecule has 1 unspecified atom stereocenters. The topological polar surface area (TPSA) is 41.5 Å². The number of aryl methyl sites for hydroxylation is 2. The fraction of sp³-hybridized carbons (Fsp3) is 0.538. The molecule has 0 aliphatic carbocycles. The molecule has 3 nitrogen and oxygen atoms in total. The monoisotopic (exact) mass is 223 g/mol. The largest absolute Gasteiger partial charge is 0.492 e. The van der Waals surface area contributed by atoms with Crippen molar-refractivity contribution in [2.45, 2.75) is 26.3 Å². The van der Waals surface area contributed by atoms with Crippen molar-refractivity contribution < 1.29 is 9.84 Å². The number of nitrogens with one attached hydrogen (secondary N) is 1. The second-order valence-corrected chi connectivity index (χ2v) is 4.05. The first kappa shape index (κ1) is 13.0. The van der Waals surface area contributed by atoms with Crippen LogP contribution in [0.1, 0.15) is 17.5 Å². The van der Waals surface area contributed by atoms with Gasteiger partial charge >= 0.3 is 0 Å². The van der Waals surface area contributed by atoms with E-state index < -0.39 is 0 Å². The fourth-order valence-corrected chi connectivity index (χ4v) is 1.47. The molecule has 2 N–H and O–H groups in total. The Kier molecular flexibility index (Phi) is 5.29. The Hall–Kier alpha value is -1.06. The van der Waals surface area contributed by atoms with E-state index in [9.17, 15) is 0 Å². The number of hydrogen-bond donors (Lipinski definition) is 2. The first-order chi connectivity index (χ1) is 7.67. The molecule has 1 aromatic rings. The maximum Gasteiger partial charge on any atom is 0.119 e. The summed E-state index contributed by atoms with van der Waals surface area (Å²) in [5, 5.41) is 12.0. The van der Waals surface area contributed by atoms with Crippen LogP contribution in [0.15, 0.2) is 18.2 Å². The molecular formula is C13H21NO2. The van der Waals surface area contributed by atoms with Crippen molar-refractivity contribution in [3.8, 4) is 5.75 Å². The molecule has 0 spiro atoms. The van der Waals surface area contributed by atoms with Gasteiger partial charge in [-0.15, -0.1) is 0 Å². The van der Waals surface area contributed by atoms with Crippen molar-refractivity contribution in [1.29, 1.82) is 0 Å². The zero-order chi connectivity index (χ0) is 12.0. The van der Waals surface area contributed by atoms with E-state index in [0.717, 1.165) is 5.75 Å². The molecule has 0 aliphatic rings. The number of rotatable bonds is 6. The van der Waals surface area contributed by atoms with Gasteiger partial charge in [0.1, 0.15) is 12.4 Å². The molecule has 90 valence electrons. The normalized spacial score (nSPS) is 12.5. The molecule has 0 saturated carbocycles. The maximum absolute atomic E-state index is 8.85. The Balaban J connectivity index is 2.50. The molecule has 0 fully saturated rings. The highest BCUT2D eigenvalue weighted by molar-refractivity contribution is 5.33. The third-order valence-electron chi connectivity index (χ3n) is 2.82. The summed E-state index contributed by atoms with van der Waals surface area (Å²) in [6, 6.07) is 6.28. The van der Waals surface area contributed by atoms with Crippen LogP contribution in [0.25, 0.3) is 0 Å². The van der Waals surface area contributed by atoms with Crippen molar-refractivity contribution in [2.24, 2.45) is 0 Å². The van der Waals surface area contributed by atoms with Crippen molar-refractivity contribution in [3.63, 3.8) is 0 Å². The zero-order valence-electron chi connectivity index (χ0n) is 10.3. The number of likely N-dealkylation sites (N-methyl/N-ethyl adjacent to an activating group) is 1. The molecule has 0 aromatic heterocycles. The Morgan fingerprint density at radius 3 is 2.62 bits per heavy atom. The Labute approximate surface area is 97.4 Å². The van der Waals surface area contributed by atoms with Crippen LogP contribution in [0, 0.1) is 13.8 Å². The summed E-state index contributed by atoms with van der Waals surface area (Å²) < 4.78 is 5.67. The summed E-state index contributed by atoms with van der Waals surface area (Å²) in [5.74, 6) is 0.890.